The maximum Gasteiger partial charge on any atom is 0.258 e. The Morgan fingerprint density at radius 2 is 1.90 bits per heavy atom. The molecule has 0 saturated carbocycles. The first-order valence-corrected chi connectivity index (χ1v) is 6.29. The van der Waals surface area contributed by atoms with Gasteiger partial charge in [-0.3, -0.25) is 9.78 Å². The molecule has 3 aromatic rings. The van der Waals surface area contributed by atoms with Gasteiger partial charge in [0.1, 0.15) is 17.1 Å². The lowest BCUT2D eigenvalue weighted by molar-refractivity contribution is 0.102. The number of benzene rings is 2. The van der Waals surface area contributed by atoms with Crippen LogP contribution in [0.15, 0.2) is 54.7 Å². The van der Waals surface area contributed by atoms with Crippen molar-refractivity contribution in [2.45, 2.75) is 0 Å². The number of hydrogen-bond acceptors (Lipinski definition) is 3. The second-order valence-corrected chi connectivity index (χ2v) is 4.47. The molecular formula is C16H11FN2O2. The van der Waals surface area contributed by atoms with E-state index in [0.29, 0.717) is 16.6 Å². The van der Waals surface area contributed by atoms with Gasteiger partial charge >= 0.3 is 0 Å². The van der Waals surface area contributed by atoms with E-state index in [1.807, 2.05) is 0 Å². The van der Waals surface area contributed by atoms with E-state index in [2.05, 4.69) is 10.3 Å². The van der Waals surface area contributed by atoms with Gasteiger partial charge in [0.15, 0.2) is 0 Å². The molecule has 3 rings (SSSR count). The number of phenolic OH excluding ortho intramolecular Hbond substituents is 1. The van der Waals surface area contributed by atoms with Crippen molar-refractivity contribution in [3.05, 3.63) is 66.1 Å². The monoisotopic (exact) mass is 282 g/mol. The number of nitrogens with zero attached hydrogens (tertiary/aromatic N) is 1. The number of carbonyl (C=O) groups is 1. The topological polar surface area (TPSA) is 62.2 Å². The van der Waals surface area contributed by atoms with Gasteiger partial charge in [0.2, 0.25) is 0 Å². The van der Waals surface area contributed by atoms with Crippen LogP contribution in [0.5, 0.6) is 5.75 Å². The average molecular weight is 282 g/mol. The summed E-state index contributed by atoms with van der Waals surface area (Å²) in [7, 11) is 0. The highest BCUT2D eigenvalue weighted by molar-refractivity contribution is 6.09. The molecule has 2 N–H and O–H groups in total. The van der Waals surface area contributed by atoms with Gasteiger partial charge in [-0.25, -0.2) is 4.39 Å². The molecule has 5 heteroatoms. The molecule has 0 atom stereocenters. The van der Waals surface area contributed by atoms with Crippen LogP contribution < -0.4 is 5.32 Å². The van der Waals surface area contributed by atoms with Crippen molar-refractivity contribution in [1.82, 2.24) is 4.98 Å². The molecular weight excluding hydrogens is 271 g/mol. The number of pyridine rings is 1. The zero-order valence-electron chi connectivity index (χ0n) is 10.9. The summed E-state index contributed by atoms with van der Waals surface area (Å²) >= 11 is 0. The van der Waals surface area contributed by atoms with E-state index in [9.17, 15) is 14.3 Å². The van der Waals surface area contributed by atoms with E-state index in [1.165, 1.54) is 24.3 Å². The Morgan fingerprint density at radius 3 is 2.71 bits per heavy atom. The number of hydrogen-bond donors (Lipinski definition) is 2. The van der Waals surface area contributed by atoms with Crippen LogP contribution in [0.2, 0.25) is 0 Å². The second-order valence-electron chi connectivity index (χ2n) is 4.47. The zero-order chi connectivity index (χ0) is 14.8. The quantitative estimate of drug-likeness (QED) is 0.709. The third-order valence-electron chi connectivity index (χ3n) is 3.12. The highest BCUT2D eigenvalue weighted by atomic mass is 19.1. The van der Waals surface area contributed by atoms with E-state index in [4.69, 9.17) is 0 Å². The summed E-state index contributed by atoms with van der Waals surface area (Å²) in [5.41, 5.74) is 0.801. The standard InChI is InChI=1S/C16H11FN2O2/c17-12-6-2-1-4-10(12)16(21)19-13-7-8-14(20)15-11(13)5-3-9-18-15/h1-9,20H,(H,19,21). The van der Waals surface area contributed by atoms with Gasteiger partial charge in [-0.2, -0.15) is 0 Å². The first-order valence-electron chi connectivity index (χ1n) is 6.29. The van der Waals surface area contributed by atoms with Crippen LogP contribution in [-0.4, -0.2) is 16.0 Å². The maximum atomic E-state index is 13.6. The second kappa shape index (κ2) is 5.20. The van der Waals surface area contributed by atoms with Crippen molar-refractivity contribution >= 4 is 22.5 Å². The molecule has 0 aliphatic rings. The summed E-state index contributed by atoms with van der Waals surface area (Å²) in [4.78, 5) is 16.2. The number of carbonyl (C=O) groups excluding carboxylic acids is 1. The van der Waals surface area contributed by atoms with Gasteiger partial charge in [0, 0.05) is 11.6 Å². The van der Waals surface area contributed by atoms with Crippen LogP contribution >= 0.6 is 0 Å². The van der Waals surface area contributed by atoms with Crippen molar-refractivity contribution < 1.29 is 14.3 Å². The highest BCUT2D eigenvalue weighted by Crippen LogP contribution is 2.29. The normalized spacial score (nSPS) is 10.5. The molecule has 0 radical (unpaired) electrons. The number of rotatable bonds is 2. The third kappa shape index (κ3) is 2.41. The zero-order valence-corrected chi connectivity index (χ0v) is 10.9. The fourth-order valence-corrected chi connectivity index (χ4v) is 2.10. The number of amides is 1. The molecule has 0 fully saturated rings. The molecule has 2 aromatic carbocycles. The highest BCUT2D eigenvalue weighted by Gasteiger charge is 2.13. The van der Waals surface area contributed by atoms with E-state index in [1.54, 1.807) is 30.5 Å². The number of fused-ring (bicyclic) bond motifs is 1. The molecule has 1 amide bonds. The van der Waals surface area contributed by atoms with Crippen LogP contribution in [0.3, 0.4) is 0 Å². The number of aromatic nitrogens is 1. The number of halogens is 1. The smallest absolute Gasteiger partial charge is 0.258 e. The lowest BCUT2D eigenvalue weighted by atomic mass is 10.1. The number of anilines is 1. The maximum absolute atomic E-state index is 13.6. The minimum absolute atomic E-state index is 0.0227. The molecule has 4 nitrogen and oxygen atoms in total. The minimum Gasteiger partial charge on any atom is -0.506 e. The van der Waals surface area contributed by atoms with Crippen molar-refractivity contribution in [3.63, 3.8) is 0 Å². The van der Waals surface area contributed by atoms with Crippen molar-refractivity contribution in [2.75, 3.05) is 5.32 Å². The Morgan fingerprint density at radius 1 is 1.10 bits per heavy atom. The van der Waals surface area contributed by atoms with Gasteiger partial charge in [-0.15, -0.1) is 0 Å². The number of aromatic hydroxyl groups is 1. The Kier molecular flexibility index (Phi) is 3.23. The van der Waals surface area contributed by atoms with Gasteiger partial charge in [-0.05, 0) is 36.4 Å². The van der Waals surface area contributed by atoms with E-state index in [0.717, 1.165) is 0 Å². The fourth-order valence-electron chi connectivity index (χ4n) is 2.10. The van der Waals surface area contributed by atoms with Crippen LogP contribution in [0.25, 0.3) is 10.9 Å². The summed E-state index contributed by atoms with van der Waals surface area (Å²) in [5, 5.41) is 13.0. The van der Waals surface area contributed by atoms with Crippen molar-refractivity contribution in [1.29, 1.82) is 0 Å². The van der Waals surface area contributed by atoms with Crippen molar-refractivity contribution in [2.24, 2.45) is 0 Å². The lowest BCUT2D eigenvalue weighted by Crippen LogP contribution is -2.13. The van der Waals surface area contributed by atoms with Gasteiger partial charge in [0.25, 0.3) is 5.91 Å². The van der Waals surface area contributed by atoms with Crippen LogP contribution in [0.1, 0.15) is 10.4 Å². The predicted octanol–water partition coefficient (Wildman–Crippen LogP) is 3.33. The summed E-state index contributed by atoms with van der Waals surface area (Å²) in [6.45, 7) is 0. The van der Waals surface area contributed by atoms with E-state index < -0.39 is 11.7 Å². The van der Waals surface area contributed by atoms with Crippen molar-refractivity contribution in [3.8, 4) is 5.75 Å². The van der Waals surface area contributed by atoms with Gasteiger partial charge < -0.3 is 10.4 Å². The van der Waals surface area contributed by atoms with Crippen LogP contribution in [0.4, 0.5) is 10.1 Å². The third-order valence-corrected chi connectivity index (χ3v) is 3.12. The average Bonchev–Trinajstić information content (AvgIpc) is 2.51. The number of nitrogens with one attached hydrogen (secondary N) is 1. The minimum atomic E-state index is -0.587. The molecule has 104 valence electrons. The molecule has 0 saturated heterocycles. The Labute approximate surface area is 119 Å². The molecule has 0 unspecified atom stereocenters. The molecule has 21 heavy (non-hydrogen) atoms. The Balaban J connectivity index is 2.01. The molecule has 1 aromatic heterocycles. The summed E-state index contributed by atoms with van der Waals surface area (Å²) < 4.78 is 13.6. The molecule has 0 spiro atoms. The summed E-state index contributed by atoms with van der Waals surface area (Å²) in [6, 6.07) is 12.2. The number of phenols is 1. The lowest BCUT2D eigenvalue weighted by Gasteiger charge is -2.09. The SMILES string of the molecule is O=C(Nc1ccc(O)c2ncccc12)c1ccccc1F. The molecule has 0 bridgehead atoms. The fraction of sp³-hybridized carbons (Fsp3) is 0. The molecule has 0 aliphatic heterocycles. The van der Waals surface area contributed by atoms with E-state index in [-0.39, 0.29) is 11.3 Å². The molecule has 1 heterocycles. The Hall–Kier alpha value is -2.95. The molecule has 0 aliphatic carbocycles. The largest absolute Gasteiger partial charge is 0.506 e. The first-order chi connectivity index (χ1) is 10.2. The summed E-state index contributed by atoms with van der Waals surface area (Å²) in [6.07, 6.45) is 1.55. The van der Waals surface area contributed by atoms with Crippen LogP contribution in [0, 0.1) is 5.82 Å². The Bertz CT molecular complexity index is 833. The first kappa shape index (κ1) is 13.1. The summed E-state index contributed by atoms with van der Waals surface area (Å²) in [5.74, 6) is -1.12. The van der Waals surface area contributed by atoms with Crippen LogP contribution in [-0.2, 0) is 0 Å². The van der Waals surface area contributed by atoms with Gasteiger partial charge in [-0.1, -0.05) is 12.1 Å². The predicted molar refractivity (Wildman–Crippen MR) is 77.8 cm³/mol. The van der Waals surface area contributed by atoms with Gasteiger partial charge in [0.05, 0.1) is 11.3 Å². The van der Waals surface area contributed by atoms with E-state index >= 15 is 0 Å².